The van der Waals surface area contributed by atoms with Gasteiger partial charge in [0, 0.05) is 88.7 Å². The van der Waals surface area contributed by atoms with E-state index in [1.54, 1.807) is 6.20 Å². The highest BCUT2D eigenvalue weighted by Gasteiger charge is 2.27. The van der Waals surface area contributed by atoms with E-state index in [-0.39, 0.29) is 109 Å². The molecule has 0 fully saturated rings. The molecular weight excluding hydrogens is 1040 g/mol. The number of aromatic nitrogens is 2. The van der Waals surface area contributed by atoms with Gasteiger partial charge in [-0.3, -0.25) is 47.9 Å². The second kappa shape index (κ2) is 45.7. The van der Waals surface area contributed by atoms with Gasteiger partial charge in [0.1, 0.15) is 30.8 Å². The minimum Gasteiger partial charge on any atom is -0.481 e. The average molecular weight is 1140 g/mol. The molecule has 3 amide bonds. The van der Waals surface area contributed by atoms with Crippen molar-refractivity contribution in [1.29, 1.82) is 0 Å². The van der Waals surface area contributed by atoms with Crippen LogP contribution in [0.25, 0.3) is 0 Å². The summed E-state index contributed by atoms with van der Waals surface area (Å²) < 4.78 is 10.7. The zero-order valence-corrected chi connectivity index (χ0v) is 46.8. The first-order chi connectivity index (χ1) is 38.3. The molecule has 11 N–H and O–H groups in total. The summed E-state index contributed by atoms with van der Waals surface area (Å²) in [6.45, 7) is -0.709. The molecule has 0 bridgehead atoms. The summed E-state index contributed by atoms with van der Waals surface area (Å²) in [5.74, 6) is -10.4. The number of hydrogen-bond acceptors (Lipinski definition) is 16. The number of aromatic amines is 1. The van der Waals surface area contributed by atoms with Crippen LogP contribution in [0.15, 0.2) is 12.5 Å². The van der Waals surface area contributed by atoms with Crippen LogP contribution in [0, 0.1) is 17.8 Å². The Hall–Kier alpha value is -5.98. The maximum absolute atomic E-state index is 12.6. The van der Waals surface area contributed by atoms with Crippen LogP contribution in [0.3, 0.4) is 0 Å². The number of amides is 3. The number of Topliss-reactive ketones (excluding diaryl/α,β-unsaturated/α-hetero) is 4. The van der Waals surface area contributed by atoms with Gasteiger partial charge >= 0.3 is 23.9 Å². The van der Waals surface area contributed by atoms with Gasteiger partial charge in [-0.2, -0.15) is 0 Å². The van der Waals surface area contributed by atoms with Crippen LogP contribution in [0.1, 0.15) is 192 Å². The Morgan fingerprint density at radius 3 is 1.56 bits per heavy atom. The maximum atomic E-state index is 12.6. The van der Waals surface area contributed by atoms with Crippen molar-refractivity contribution in [2.45, 2.75) is 205 Å². The fraction of sp³-hybridized carbons (Fsp3) is 0.750. The number of aliphatic hydroxyl groups excluding tert-OH is 1. The summed E-state index contributed by atoms with van der Waals surface area (Å²) in [6.07, 6.45) is 18.4. The summed E-state index contributed by atoms with van der Waals surface area (Å²) in [6, 6.07) is -2.23. The van der Waals surface area contributed by atoms with E-state index in [4.69, 9.17) is 20.3 Å². The van der Waals surface area contributed by atoms with Crippen molar-refractivity contribution < 1.29 is 87.7 Å². The Morgan fingerprint density at radius 1 is 0.512 bits per heavy atom. The predicted molar refractivity (Wildman–Crippen MR) is 292 cm³/mol. The number of aliphatic carboxylic acids is 4. The molecule has 1 rings (SSSR count). The van der Waals surface area contributed by atoms with Gasteiger partial charge < -0.3 is 61.7 Å². The SMILES string of the molecule is N[C@@H](Cc1cnc[nH]1)C(=O)CC[C@@H](CCCCNC(=O)CC[C@H](NC(=O)CC[C@H](CC(=O)COCCOCCNC(=O)CC[C@H](CC(=O)CCCCCCCCCCCCCCCCC(=O)O)C(=O)O)C(=O)O)C(=O)O)C(=O)CO. The largest absolute Gasteiger partial charge is 0.481 e. The molecule has 1 aromatic heterocycles. The van der Waals surface area contributed by atoms with Gasteiger partial charge in [0.25, 0.3) is 0 Å². The number of carbonyl (C=O) groups is 11. The molecule has 0 aliphatic carbocycles. The van der Waals surface area contributed by atoms with E-state index in [2.05, 4.69) is 25.9 Å². The van der Waals surface area contributed by atoms with Gasteiger partial charge in [0.2, 0.25) is 17.7 Å². The van der Waals surface area contributed by atoms with E-state index in [0.717, 1.165) is 51.4 Å². The fourth-order valence-electron chi connectivity index (χ4n) is 8.90. The zero-order chi connectivity index (χ0) is 59.3. The first-order valence-corrected chi connectivity index (χ1v) is 28.6. The van der Waals surface area contributed by atoms with Gasteiger partial charge in [-0.1, -0.05) is 83.5 Å². The first-order valence-electron chi connectivity index (χ1n) is 28.6. The molecule has 1 aromatic rings. The van der Waals surface area contributed by atoms with Gasteiger partial charge in [-0.25, -0.2) is 9.78 Å². The highest BCUT2D eigenvalue weighted by Crippen LogP contribution is 2.20. The van der Waals surface area contributed by atoms with Gasteiger partial charge in [0.05, 0.1) is 44.0 Å². The quantitative estimate of drug-likeness (QED) is 0.0392. The van der Waals surface area contributed by atoms with Crippen molar-refractivity contribution in [1.82, 2.24) is 25.9 Å². The molecule has 24 heteroatoms. The number of nitrogens with one attached hydrogen (secondary N) is 4. The number of rotatable bonds is 55. The molecule has 454 valence electrons. The molecule has 80 heavy (non-hydrogen) atoms. The van der Waals surface area contributed by atoms with E-state index in [1.165, 1.54) is 38.4 Å². The van der Waals surface area contributed by atoms with Gasteiger partial charge in [-0.15, -0.1) is 0 Å². The molecule has 1 heterocycles. The monoisotopic (exact) mass is 1140 g/mol. The van der Waals surface area contributed by atoms with Crippen molar-refractivity contribution in [3.8, 4) is 0 Å². The number of aliphatic hydroxyl groups is 1. The van der Waals surface area contributed by atoms with E-state index >= 15 is 0 Å². The van der Waals surface area contributed by atoms with E-state index < -0.39 is 109 Å². The van der Waals surface area contributed by atoms with Crippen molar-refractivity contribution in [3.05, 3.63) is 18.2 Å². The first kappa shape index (κ1) is 72.0. The van der Waals surface area contributed by atoms with E-state index in [1.807, 2.05) is 0 Å². The molecule has 0 spiro atoms. The predicted octanol–water partition coefficient (Wildman–Crippen LogP) is 4.80. The molecule has 0 unspecified atom stereocenters. The Labute approximate surface area is 469 Å². The number of unbranched alkanes of at least 4 members (excludes halogenated alkanes) is 14. The average Bonchev–Trinajstić information content (AvgIpc) is 3.93. The minimum absolute atomic E-state index is 0.0112. The number of ketones is 4. The third kappa shape index (κ3) is 38.6. The lowest BCUT2D eigenvalue weighted by atomic mass is 9.90. The summed E-state index contributed by atoms with van der Waals surface area (Å²) in [7, 11) is 0. The van der Waals surface area contributed by atoms with E-state index in [9.17, 15) is 73.2 Å². The Kier molecular flexibility index (Phi) is 41.2. The van der Waals surface area contributed by atoms with Crippen LogP contribution in [-0.4, -0.2) is 158 Å². The number of carbonyl (C=O) groups excluding carboxylic acids is 7. The zero-order valence-electron chi connectivity index (χ0n) is 46.8. The Bertz CT molecular complexity index is 2000. The van der Waals surface area contributed by atoms with Crippen LogP contribution in [-0.2, 0) is 68.6 Å². The number of imidazole rings is 1. The third-order valence-corrected chi connectivity index (χ3v) is 13.7. The number of ether oxygens (including phenoxy) is 2. The molecule has 0 saturated heterocycles. The van der Waals surface area contributed by atoms with Gasteiger partial charge in [-0.05, 0) is 51.4 Å². The molecule has 24 nitrogen and oxygen atoms in total. The lowest BCUT2D eigenvalue weighted by Crippen LogP contribution is -2.42. The molecule has 0 saturated carbocycles. The number of nitrogens with two attached hydrogens (primary N) is 1. The number of nitrogens with zero attached hydrogens (tertiary/aromatic N) is 1. The number of carboxylic acids is 4. The lowest BCUT2D eigenvalue weighted by Gasteiger charge is -2.17. The highest BCUT2D eigenvalue weighted by molar-refractivity contribution is 5.88. The highest BCUT2D eigenvalue weighted by atomic mass is 16.5. The van der Waals surface area contributed by atoms with Crippen molar-refractivity contribution in [2.24, 2.45) is 23.5 Å². The Morgan fingerprint density at radius 2 is 1.02 bits per heavy atom. The van der Waals surface area contributed by atoms with Crippen LogP contribution in [0.4, 0.5) is 0 Å². The van der Waals surface area contributed by atoms with Crippen molar-refractivity contribution >= 4 is 64.7 Å². The second-order valence-corrected chi connectivity index (χ2v) is 20.5. The van der Waals surface area contributed by atoms with Crippen molar-refractivity contribution in [2.75, 3.05) is 46.1 Å². The van der Waals surface area contributed by atoms with E-state index in [0.29, 0.717) is 37.8 Å². The van der Waals surface area contributed by atoms with Crippen molar-refractivity contribution in [3.63, 3.8) is 0 Å². The minimum atomic E-state index is -1.45. The van der Waals surface area contributed by atoms with Crippen LogP contribution in [0.2, 0.25) is 0 Å². The Balaban J connectivity index is 2.20. The number of H-pyrrole nitrogens is 1. The van der Waals surface area contributed by atoms with Crippen LogP contribution < -0.4 is 21.7 Å². The summed E-state index contributed by atoms with van der Waals surface area (Å²) in [4.78, 5) is 140. The van der Waals surface area contributed by atoms with Gasteiger partial charge in [0.15, 0.2) is 11.6 Å². The number of carboxylic acid groups (broad SMARTS) is 4. The van der Waals surface area contributed by atoms with Crippen LogP contribution in [0.5, 0.6) is 0 Å². The molecule has 5 atom stereocenters. The molecule has 0 radical (unpaired) electrons. The number of hydrogen-bond donors (Lipinski definition) is 10. The fourth-order valence-corrected chi connectivity index (χ4v) is 8.90. The lowest BCUT2D eigenvalue weighted by molar-refractivity contribution is -0.145. The third-order valence-electron chi connectivity index (χ3n) is 13.7. The molecule has 0 aliphatic rings. The van der Waals surface area contributed by atoms with Crippen LogP contribution >= 0.6 is 0 Å². The maximum Gasteiger partial charge on any atom is 0.326 e. The standard InChI is InChI=1S/C56H92N6O18/c57-46(35-43-36-58-39-61-43)48(66)24-20-40(49(67)37-63)17-15-16-28-59-51(69)27-23-47(56(77)78)62-52(70)26-22-42(55(75)76)34-45(65)38-80-32-31-79-30-29-60-50(68)25-21-41(54(73)74)33-44(64)18-13-11-9-7-5-3-1-2-4-6-8-10-12-14-19-53(71)72/h36,39-42,46-47,63H,1-35,37-38,57H2,(H,58,61)(H,59,69)(H,60,68)(H,62,70)(H,71,72)(H,73,74)(H,75,76)(H,77,78)/t40-,41-,42-,46+,47+/m1/s1. The molecular formula is C56H92N6O18. The topological polar surface area (TPSA) is 398 Å². The smallest absolute Gasteiger partial charge is 0.326 e. The summed E-state index contributed by atoms with van der Waals surface area (Å²) in [5.41, 5.74) is 6.70. The molecule has 0 aromatic carbocycles. The normalized spacial score (nSPS) is 13.1. The second-order valence-electron chi connectivity index (χ2n) is 20.5. The summed E-state index contributed by atoms with van der Waals surface area (Å²) in [5, 5.41) is 54.6. The summed E-state index contributed by atoms with van der Waals surface area (Å²) >= 11 is 0. The molecule has 0 aliphatic heterocycles.